The van der Waals surface area contributed by atoms with Crippen LogP contribution in [0.5, 0.6) is 5.75 Å². The maximum atomic E-state index is 5.70. The van der Waals surface area contributed by atoms with Crippen LogP contribution in [0.15, 0.2) is 30.5 Å². The number of nitrogens with one attached hydrogen (secondary N) is 2. The van der Waals surface area contributed by atoms with Crippen LogP contribution in [0.2, 0.25) is 0 Å². The monoisotopic (exact) mass is 332 g/mol. The smallest absolute Gasteiger partial charge is 0.119 e. The highest BCUT2D eigenvalue weighted by atomic mass is 16.5. The number of aromatic nitrogens is 2. The number of ether oxygens (including phenoxy) is 2. The Morgan fingerprint density at radius 1 is 1.21 bits per heavy atom. The molecule has 0 atom stereocenters. The summed E-state index contributed by atoms with van der Waals surface area (Å²) < 4.78 is 10.7. The van der Waals surface area contributed by atoms with Gasteiger partial charge in [-0.3, -0.25) is 5.10 Å². The molecule has 1 heterocycles. The Kier molecular flexibility index (Phi) is 7.74. The van der Waals surface area contributed by atoms with Crippen LogP contribution in [-0.2, 0) is 11.3 Å². The van der Waals surface area contributed by atoms with Crippen molar-refractivity contribution in [2.45, 2.75) is 13.0 Å². The lowest BCUT2D eigenvalue weighted by Crippen LogP contribution is -2.26. The van der Waals surface area contributed by atoms with Crippen molar-refractivity contribution in [3.05, 3.63) is 36.0 Å². The molecule has 0 amide bonds. The maximum absolute atomic E-state index is 5.70. The largest absolute Gasteiger partial charge is 0.494 e. The number of methoxy groups -OCH3 is 1. The first kappa shape index (κ1) is 18.4. The molecule has 0 aliphatic heterocycles. The molecule has 1 aromatic heterocycles. The molecule has 0 saturated carbocycles. The van der Waals surface area contributed by atoms with Crippen molar-refractivity contribution in [3.63, 3.8) is 0 Å². The van der Waals surface area contributed by atoms with Crippen LogP contribution in [0.4, 0.5) is 0 Å². The van der Waals surface area contributed by atoms with Gasteiger partial charge in [0.2, 0.25) is 0 Å². The zero-order chi connectivity index (χ0) is 17.2. The van der Waals surface area contributed by atoms with Crippen LogP contribution in [0.1, 0.15) is 12.0 Å². The van der Waals surface area contributed by atoms with Crippen molar-refractivity contribution in [2.24, 2.45) is 0 Å². The lowest BCUT2D eigenvalue weighted by atomic mass is 10.1. The van der Waals surface area contributed by atoms with E-state index in [2.05, 4.69) is 39.6 Å². The molecule has 0 aliphatic rings. The van der Waals surface area contributed by atoms with Crippen molar-refractivity contribution >= 4 is 0 Å². The first-order valence-electron chi connectivity index (χ1n) is 8.32. The fraction of sp³-hybridized carbons (Fsp3) is 0.500. The van der Waals surface area contributed by atoms with E-state index in [-0.39, 0.29) is 0 Å². The minimum atomic E-state index is 0.664. The third kappa shape index (κ3) is 5.63. The fourth-order valence-corrected chi connectivity index (χ4v) is 2.46. The summed E-state index contributed by atoms with van der Waals surface area (Å²) in [4.78, 5) is 2.28. The van der Waals surface area contributed by atoms with Gasteiger partial charge in [-0.2, -0.15) is 5.10 Å². The average Bonchev–Trinajstić information content (AvgIpc) is 3.05. The molecule has 1 aromatic carbocycles. The van der Waals surface area contributed by atoms with Gasteiger partial charge in [-0.05, 0) is 38.4 Å². The van der Waals surface area contributed by atoms with Crippen LogP contribution < -0.4 is 10.1 Å². The summed E-state index contributed by atoms with van der Waals surface area (Å²) in [6.45, 7) is 4.21. The Labute approximate surface area is 144 Å². The van der Waals surface area contributed by atoms with E-state index in [4.69, 9.17) is 9.47 Å². The van der Waals surface area contributed by atoms with E-state index < -0.39 is 0 Å². The predicted octanol–water partition coefficient (Wildman–Crippen LogP) is 2.14. The van der Waals surface area contributed by atoms with E-state index >= 15 is 0 Å². The summed E-state index contributed by atoms with van der Waals surface area (Å²) >= 11 is 0. The van der Waals surface area contributed by atoms with Gasteiger partial charge in [0.25, 0.3) is 0 Å². The zero-order valence-electron chi connectivity index (χ0n) is 14.8. The van der Waals surface area contributed by atoms with E-state index in [1.165, 1.54) is 5.56 Å². The van der Waals surface area contributed by atoms with Crippen LogP contribution in [0, 0.1) is 0 Å². The van der Waals surface area contributed by atoms with Gasteiger partial charge >= 0.3 is 0 Å². The number of benzene rings is 1. The first-order valence-corrected chi connectivity index (χ1v) is 8.32. The highest BCUT2D eigenvalue weighted by Gasteiger charge is 2.10. The van der Waals surface area contributed by atoms with Crippen LogP contribution in [-0.4, -0.2) is 62.6 Å². The minimum Gasteiger partial charge on any atom is -0.494 e. The van der Waals surface area contributed by atoms with Gasteiger partial charge in [-0.15, -0.1) is 0 Å². The number of likely N-dealkylation sites (N-methyl/N-ethyl adjacent to an activating group) is 2. The molecule has 2 N–H and O–H groups in total. The fourth-order valence-electron chi connectivity index (χ4n) is 2.46. The second-order valence-corrected chi connectivity index (χ2v) is 5.82. The van der Waals surface area contributed by atoms with E-state index in [0.29, 0.717) is 6.61 Å². The molecule has 6 nitrogen and oxygen atoms in total. The minimum absolute atomic E-state index is 0.664. The van der Waals surface area contributed by atoms with Gasteiger partial charge in [-0.1, -0.05) is 0 Å². The molecule has 0 radical (unpaired) electrons. The molecule has 2 aromatic rings. The summed E-state index contributed by atoms with van der Waals surface area (Å²) in [6, 6.07) is 8.09. The van der Waals surface area contributed by atoms with E-state index in [0.717, 1.165) is 49.7 Å². The number of aromatic amines is 1. The SMILES string of the molecule is CNCCN(C)Cc1c[nH]nc1-c1ccc(OCCCOC)cc1. The quantitative estimate of drug-likeness (QED) is 0.617. The summed E-state index contributed by atoms with van der Waals surface area (Å²) in [6.07, 6.45) is 2.86. The summed E-state index contributed by atoms with van der Waals surface area (Å²) in [5.74, 6) is 0.873. The van der Waals surface area contributed by atoms with Crippen LogP contribution in [0.25, 0.3) is 11.3 Å². The highest BCUT2D eigenvalue weighted by Crippen LogP contribution is 2.24. The average molecular weight is 332 g/mol. The Morgan fingerprint density at radius 2 is 2.00 bits per heavy atom. The Bertz CT molecular complexity index is 583. The standard InChI is InChI=1S/C18H28N4O2/c1-19-9-10-22(2)14-16-13-20-21-18(16)15-5-7-17(8-6-15)24-12-4-11-23-3/h5-8,13,19H,4,9-12,14H2,1-3H3,(H,20,21). The lowest BCUT2D eigenvalue weighted by Gasteiger charge is -2.16. The van der Waals surface area contributed by atoms with Crippen molar-refractivity contribution in [3.8, 4) is 17.0 Å². The highest BCUT2D eigenvalue weighted by molar-refractivity contribution is 5.63. The summed E-state index contributed by atoms with van der Waals surface area (Å²) in [5, 5.41) is 10.6. The molecule has 6 heteroatoms. The summed E-state index contributed by atoms with van der Waals surface area (Å²) in [7, 11) is 5.79. The van der Waals surface area contributed by atoms with E-state index in [1.807, 2.05) is 25.4 Å². The van der Waals surface area contributed by atoms with E-state index in [9.17, 15) is 0 Å². The molecule has 0 bridgehead atoms. The molecule has 132 valence electrons. The van der Waals surface area contributed by atoms with Crippen molar-refractivity contribution in [1.29, 1.82) is 0 Å². The van der Waals surface area contributed by atoms with Crippen molar-refractivity contribution in [2.75, 3.05) is 47.5 Å². The van der Waals surface area contributed by atoms with Gasteiger partial charge in [-0.25, -0.2) is 0 Å². The molecular formula is C18H28N4O2. The Balaban J connectivity index is 1.95. The maximum Gasteiger partial charge on any atom is 0.119 e. The number of hydrogen-bond acceptors (Lipinski definition) is 5. The van der Waals surface area contributed by atoms with Crippen LogP contribution >= 0.6 is 0 Å². The number of rotatable bonds is 11. The predicted molar refractivity (Wildman–Crippen MR) is 96.3 cm³/mol. The normalized spacial score (nSPS) is 11.2. The third-order valence-electron chi connectivity index (χ3n) is 3.79. The lowest BCUT2D eigenvalue weighted by molar-refractivity contribution is 0.172. The van der Waals surface area contributed by atoms with Gasteiger partial charge < -0.3 is 19.7 Å². The Hall–Kier alpha value is -1.89. The molecule has 2 rings (SSSR count). The topological polar surface area (TPSA) is 62.4 Å². The second kappa shape index (κ2) is 10.1. The third-order valence-corrected chi connectivity index (χ3v) is 3.79. The molecule has 0 spiro atoms. The van der Waals surface area contributed by atoms with E-state index in [1.54, 1.807) is 7.11 Å². The zero-order valence-corrected chi connectivity index (χ0v) is 14.8. The van der Waals surface area contributed by atoms with Crippen LogP contribution in [0.3, 0.4) is 0 Å². The molecule has 0 saturated heterocycles. The van der Waals surface area contributed by atoms with Crippen molar-refractivity contribution < 1.29 is 9.47 Å². The molecule has 0 fully saturated rings. The molecule has 0 aliphatic carbocycles. The van der Waals surface area contributed by atoms with Gasteiger partial charge in [0.05, 0.1) is 12.3 Å². The molecule has 0 unspecified atom stereocenters. The molecule has 24 heavy (non-hydrogen) atoms. The second-order valence-electron chi connectivity index (χ2n) is 5.82. The number of hydrogen-bond donors (Lipinski definition) is 2. The van der Waals surface area contributed by atoms with Gasteiger partial charge in [0.1, 0.15) is 5.75 Å². The Morgan fingerprint density at radius 3 is 2.71 bits per heavy atom. The first-order chi connectivity index (χ1) is 11.7. The van der Waals surface area contributed by atoms with Crippen molar-refractivity contribution in [1.82, 2.24) is 20.4 Å². The summed E-state index contributed by atoms with van der Waals surface area (Å²) in [5.41, 5.74) is 3.29. The van der Waals surface area contributed by atoms with Gasteiger partial charge in [0, 0.05) is 57.1 Å². The number of H-pyrrole nitrogens is 1. The van der Waals surface area contributed by atoms with Gasteiger partial charge in [0.15, 0.2) is 0 Å². The molecular weight excluding hydrogens is 304 g/mol. The number of nitrogens with zero attached hydrogens (tertiary/aromatic N) is 2.